The Labute approximate surface area is 117 Å². The van der Waals surface area contributed by atoms with Crippen LogP contribution in [0.25, 0.3) is 0 Å². The van der Waals surface area contributed by atoms with E-state index in [2.05, 4.69) is 33.8 Å². The summed E-state index contributed by atoms with van der Waals surface area (Å²) in [7, 11) is 3.44. The van der Waals surface area contributed by atoms with Gasteiger partial charge in [-0.2, -0.15) is 0 Å². The minimum atomic E-state index is 0.161. The Morgan fingerprint density at radius 1 is 1.11 bits per heavy atom. The molecule has 1 rings (SSSR count). The normalized spacial score (nSPS) is 11.5. The van der Waals surface area contributed by atoms with Crippen LogP contribution < -0.4 is 15.2 Å². The van der Waals surface area contributed by atoms with E-state index < -0.39 is 0 Å². The topological polar surface area (TPSA) is 44.5 Å². The molecule has 0 unspecified atom stereocenters. The number of hydrogen-bond donors (Lipinski definition) is 1. The predicted octanol–water partition coefficient (Wildman–Crippen LogP) is 3.24. The Morgan fingerprint density at radius 3 is 2.21 bits per heavy atom. The fourth-order valence-corrected chi connectivity index (χ4v) is 2.55. The molecular weight excluding hydrogens is 238 g/mol. The average molecular weight is 265 g/mol. The summed E-state index contributed by atoms with van der Waals surface area (Å²) in [6.07, 6.45) is 1.93. The second kappa shape index (κ2) is 6.29. The quantitative estimate of drug-likeness (QED) is 0.858. The molecule has 1 aromatic carbocycles. The Kier molecular flexibility index (Phi) is 5.24. The van der Waals surface area contributed by atoms with Gasteiger partial charge >= 0.3 is 0 Å². The van der Waals surface area contributed by atoms with Crippen LogP contribution in [0.4, 0.5) is 0 Å². The third-order valence-corrected chi connectivity index (χ3v) is 3.78. The minimum absolute atomic E-state index is 0.161. The maximum Gasteiger partial charge on any atom is 0.125 e. The molecule has 0 spiro atoms. The zero-order valence-electron chi connectivity index (χ0n) is 13.1. The molecule has 108 valence electrons. The molecule has 0 saturated carbocycles. The predicted molar refractivity (Wildman–Crippen MR) is 80.2 cm³/mol. The monoisotopic (exact) mass is 265 g/mol. The van der Waals surface area contributed by atoms with Crippen LogP contribution in [0, 0.1) is 19.3 Å². The standard InChI is InChI=1S/C16H27NO2/c1-11-12(2)15(19-6)13(9-14(11)18-5)10-16(3,4)7-8-17/h9H,7-8,10,17H2,1-6H3. The van der Waals surface area contributed by atoms with E-state index in [4.69, 9.17) is 15.2 Å². The van der Waals surface area contributed by atoms with Crippen molar-refractivity contribution in [1.82, 2.24) is 0 Å². The zero-order chi connectivity index (χ0) is 14.6. The van der Waals surface area contributed by atoms with Crippen molar-refractivity contribution in [3.05, 3.63) is 22.8 Å². The fraction of sp³-hybridized carbons (Fsp3) is 0.625. The van der Waals surface area contributed by atoms with Gasteiger partial charge in [-0.1, -0.05) is 13.8 Å². The molecule has 0 aliphatic carbocycles. The van der Waals surface area contributed by atoms with Crippen molar-refractivity contribution in [2.24, 2.45) is 11.1 Å². The summed E-state index contributed by atoms with van der Waals surface area (Å²) in [5.41, 5.74) is 9.34. The molecule has 0 aliphatic heterocycles. The molecular formula is C16H27NO2. The number of rotatable bonds is 6. The Bertz CT molecular complexity index is 439. The summed E-state index contributed by atoms with van der Waals surface area (Å²) in [6.45, 7) is 9.32. The van der Waals surface area contributed by atoms with Crippen molar-refractivity contribution >= 4 is 0 Å². The van der Waals surface area contributed by atoms with Crippen LogP contribution >= 0.6 is 0 Å². The lowest BCUT2D eigenvalue weighted by atomic mass is 9.81. The molecule has 0 aliphatic rings. The van der Waals surface area contributed by atoms with Gasteiger partial charge in [0.25, 0.3) is 0 Å². The highest BCUT2D eigenvalue weighted by molar-refractivity contribution is 5.52. The van der Waals surface area contributed by atoms with Gasteiger partial charge in [-0.3, -0.25) is 0 Å². The van der Waals surface area contributed by atoms with Crippen LogP contribution in [0.5, 0.6) is 11.5 Å². The average Bonchev–Trinajstić information content (AvgIpc) is 2.33. The zero-order valence-corrected chi connectivity index (χ0v) is 13.1. The molecule has 0 radical (unpaired) electrons. The van der Waals surface area contributed by atoms with Gasteiger partial charge < -0.3 is 15.2 Å². The van der Waals surface area contributed by atoms with Crippen LogP contribution in [-0.2, 0) is 6.42 Å². The number of methoxy groups -OCH3 is 2. The lowest BCUT2D eigenvalue weighted by molar-refractivity contribution is 0.326. The van der Waals surface area contributed by atoms with E-state index in [1.54, 1.807) is 14.2 Å². The van der Waals surface area contributed by atoms with Crippen molar-refractivity contribution in [3.63, 3.8) is 0 Å². The first-order valence-electron chi connectivity index (χ1n) is 6.77. The van der Waals surface area contributed by atoms with Gasteiger partial charge in [0.1, 0.15) is 11.5 Å². The van der Waals surface area contributed by atoms with E-state index in [9.17, 15) is 0 Å². The lowest BCUT2D eigenvalue weighted by Crippen LogP contribution is -2.20. The van der Waals surface area contributed by atoms with Gasteiger partial charge in [-0.25, -0.2) is 0 Å². The van der Waals surface area contributed by atoms with E-state index >= 15 is 0 Å². The van der Waals surface area contributed by atoms with Crippen LogP contribution in [0.15, 0.2) is 6.07 Å². The first-order chi connectivity index (χ1) is 8.86. The summed E-state index contributed by atoms with van der Waals surface area (Å²) >= 11 is 0. The first kappa shape index (κ1) is 15.8. The molecule has 3 heteroatoms. The molecule has 0 fully saturated rings. The van der Waals surface area contributed by atoms with Gasteiger partial charge in [0.05, 0.1) is 14.2 Å². The number of nitrogens with two attached hydrogens (primary N) is 1. The third kappa shape index (κ3) is 3.63. The Balaban J connectivity index is 3.22. The second-order valence-corrected chi connectivity index (χ2v) is 5.90. The summed E-state index contributed by atoms with van der Waals surface area (Å²) in [6, 6.07) is 2.10. The largest absolute Gasteiger partial charge is 0.496 e. The van der Waals surface area contributed by atoms with E-state index in [1.165, 1.54) is 5.56 Å². The van der Waals surface area contributed by atoms with Crippen LogP contribution in [0.3, 0.4) is 0 Å². The maximum atomic E-state index is 5.69. The molecule has 0 aromatic heterocycles. The lowest BCUT2D eigenvalue weighted by Gasteiger charge is -2.26. The van der Waals surface area contributed by atoms with Crippen LogP contribution in [-0.4, -0.2) is 20.8 Å². The van der Waals surface area contributed by atoms with Crippen molar-refractivity contribution in [2.75, 3.05) is 20.8 Å². The summed E-state index contributed by atoms with van der Waals surface area (Å²) in [5.74, 6) is 1.90. The molecule has 0 bridgehead atoms. The van der Waals surface area contributed by atoms with Gasteiger partial charge in [-0.05, 0) is 61.4 Å². The van der Waals surface area contributed by atoms with Crippen molar-refractivity contribution in [3.8, 4) is 11.5 Å². The maximum absolute atomic E-state index is 5.69. The Hall–Kier alpha value is -1.22. The van der Waals surface area contributed by atoms with Gasteiger partial charge in [-0.15, -0.1) is 0 Å². The number of benzene rings is 1. The van der Waals surface area contributed by atoms with Crippen molar-refractivity contribution in [1.29, 1.82) is 0 Å². The molecule has 2 N–H and O–H groups in total. The number of hydrogen-bond acceptors (Lipinski definition) is 3. The fourth-order valence-electron chi connectivity index (χ4n) is 2.55. The number of ether oxygens (including phenoxy) is 2. The molecule has 0 atom stereocenters. The Morgan fingerprint density at radius 2 is 1.74 bits per heavy atom. The van der Waals surface area contributed by atoms with Gasteiger partial charge in [0.2, 0.25) is 0 Å². The van der Waals surface area contributed by atoms with E-state index in [0.29, 0.717) is 6.54 Å². The smallest absolute Gasteiger partial charge is 0.125 e. The van der Waals surface area contributed by atoms with E-state index in [1.807, 2.05) is 0 Å². The summed E-state index contributed by atoms with van der Waals surface area (Å²) < 4.78 is 11.1. The van der Waals surface area contributed by atoms with Gasteiger partial charge in [0.15, 0.2) is 0 Å². The molecule has 1 aromatic rings. The highest BCUT2D eigenvalue weighted by atomic mass is 16.5. The molecule has 3 nitrogen and oxygen atoms in total. The molecule has 19 heavy (non-hydrogen) atoms. The molecule has 0 amide bonds. The highest BCUT2D eigenvalue weighted by Gasteiger charge is 2.22. The minimum Gasteiger partial charge on any atom is -0.496 e. The van der Waals surface area contributed by atoms with Crippen molar-refractivity contribution < 1.29 is 9.47 Å². The molecule has 0 saturated heterocycles. The van der Waals surface area contributed by atoms with Crippen LogP contribution in [0.2, 0.25) is 0 Å². The van der Waals surface area contributed by atoms with E-state index in [0.717, 1.165) is 35.5 Å². The van der Waals surface area contributed by atoms with Gasteiger partial charge in [0, 0.05) is 0 Å². The van der Waals surface area contributed by atoms with Crippen LogP contribution in [0.1, 0.15) is 37.0 Å². The summed E-state index contributed by atoms with van der Waals surface area (Å²) in [5, 5.41) is 0. The van der Waals surface area contributed by atoms with Crippen molar-refractivity contribution in [2.45, 2.75) is 40.5 Å². The SMILES string of the molecule is COc1cc(CC(C)(C)CCN)c(OC)c(C)c1C. The molecule has 0 heterocycles. The first-order valence-corrected chi connectivity index (χ1v) is 6.77. The highest BCUT2D eigenvalue weighted by Crippen LogP contribution is 2.37. The third-order valence-electron chi connectivity index (χ3n) is 3.78. The van der Waals surface area contributed by atoms with E-state index in [-0.39, 0.29) is 5.41 Å². The second-order valence-electron chi connectivity index (χ2n) is 5.90. The summed E-state index contributed by atoms with van der Waals surface area (Å²) in [4.78, 5) is 0.